The van der Waals surface area contributed by atoms with Crippen molar-refractivity contribution in [1.82, 2.24) is 0 Å². The first kappa shape index (κ1) is 10.9. The summed E-state index contributed by atoms with van der Waals surface area (Å²) < 4.78 is 0. The number of benzene rings is 1. The molecule has 0 fully saturated rings. The maximum absolute atomic E-state index is 11.2. The molecule has 1 aliphatic heterocycles. The van der Waals surface area contributed by atoms with Crippen molar-refractivity contribution in [2.45, 2.75) is 5.92 Å². The van der Waals surface area contributed by atoms with Crippen molar-refractivity contribution < 1.29 is 9.59 Å². The van der Waals surface area contributed by atoms with Crippen LogP contribution in [0.15, 0.2) is 24.3 Å². The fraction of sp³-hybridized carbons (Fsp3) is 0.200. The Kier molecular flexibility index (Phi) is 3.41. The normalized spacial score (nSPS) is 17.6. The summed E-state index contributed by atoms with van der Waals surface area (Å²) in [6.07, 6.45) is 0.397. The van der Waals surface area contributed by atoms with Crippen LogP contribution in [0.5, 0.6) is 0 Å². The fourth-order valence-corrected chi connectivity index (χ4v) is 1.62. The van der Waals surface area contributed by atoms with Gasteiger partial charge in [0.25, 0.3) is 0 Å². The molecule has 0 aliphatic carbocycles. The number of hydrogen-bond donors (Lipinski definition) is 1. The highest BCUT2D eigenvalue weighted by atomic mass is 79.9. The quantitative estimate of drug-likeness (QED) is 0.645. The van der Waals surface area contributed by atoms with Gasteiger partial charge in [0.15, 0.2) is 6.29 Å². The number of rotatable bonds is 2. The number of fused-ring (bicyclic) bond motifs is 1. The van der Waals surface area contributed by atoms with Crippen LogP contribution in [0.2, 0.25) is 0 Å². The molecular formula is C10H10BrNO2. The first-order valence-corrected chi connectivity index (χ1v) is 4.15. The minimum Gasteiger partial charge on any atom is -0.384 e. The minimum atomic E-state index is -0.350. The Morgan fingerprint density at radius 3 is 2.86 bits per heavy atom. The summed E-state index contributed by atoms with van der Waals surface area (Å²) in [5.41, 5.74) is 1.89. The number of anilines is 1. The van der Waals surface area contributed by atoms with E-state index in [0.29, 0.717) is 12.8 Å². The smallest absolute Gasteiger partial charge is 0.204 e. The molecule has 0 radical (unpaired) electrons. The van der Waals surface area contributed by atoms with Gasteiger partial charge >= 0.3 is 0 Å². The van der Waals surface area contributed by atoms with Crippen LogP contribution >= 0.6 is 17.0 Å². The molecule has 3 nitrogen and oxygen atoms in total. The van der Waals surface area contributed by atoms with Gasteiger partial charge in [0.05, 0.1) is 5.92 Å². The zero-order valence-electron chi connectivity index (χ0n) is 7.40. The van der Waals surface area contributed by atoms with E-state index in [1.165, 1.54) is 0 Å². The highest BCUT2D eigenvalue weighted by Crippen LogP contribution is 2.30. The van der Waals surface area contributed by atoms with Crippen LogP contribution in [0.1, 0.15) is 11.5 Å². The van der Waals surface area contributed by atoms with Crippen LogP contribution in [0, 0.1) is 0 Å². The van der Waals surface area contributed by atoms with Gasteiger partial charge in [-0.2, -0.15) is 0 Å². The topological polar surface area (TPSA) is 46.2 Å². The number of ketones is 1. The SMILES string of the molecule is Br.O=CC(=O)C1CNc2ccccc21. The molecule has 1 heterocycles. The number of aldehydes is 1. The average molecular weight is 256 g/mol. The van der Waals surface area contributed by atoms with E-state index in [1.54, 1.807) is 0 Å². The molecule has 0 bridgehead atoms. The molecule has 1 N–H and O–H groups in total. The predicted molar refractivity (Wildman–Crippen MR) is 59.1 cm³/mol. The van der Waals surface area contributed by atoms with E-state index in [9.17, 15) is 9.59 Å². The van der Waals surface area contributed by atoms with Gasteiger partial charge in [-0.15, -0.1) is 17.0 Å². The van der Waals surface area contributed by atoms with E-state index in [0.717, 1.165) is 11.3 Å². The lowest BCUT2D eigenvalue weighted by Gasteiger charge is -2.02. The van der Waals surface area contributed by atoms with Gasteiger partial charge < -0.3 is 5.32 Å². The Morgan fingerprint density at radius 1 is 1.43 bits per heavy atom. The molecule has 0 amide bonds. The maximum atomic E-state index is 11.2. The number of Topliss-reactive ketones (excluding diaryl/α,β-unsaturated/α-hetero) is 1. The molecule has 0 saturated carbocycles. The first-order valence-electron chi connectivity index (χ1n) is 4.15. The third-order valence-corrected chi connectivity index (χ3v) is 2.29. The molecule has 1 aliphatic rings. The van der Waals surface area contributed by atoms with Crippen molar-refractivity contribution in [3.05, 3.63) is 29.8 Å². The van der Waals surface area contributed by atoms with Crippen molar-refractivity contribution in [2.75, 3.05) is 11.9 Å². The van der Waals surface area contributed by atoms with Crippen LogP contribution in [-0.4, -0.2) is 18.6 Å². The summed E-state index contributed by atoms with van der Waals surface area (Å²) in [5.74, 6) is -0.633. The summed E-state index contributed by atoms with van der Waals surface area (Å²) in [4.78, 5) is 21.5. The molecule has 74 valence electrons. The predicted octanol–water partition coefficient (Wildman–Crippen LogP) is 1.54. The third-order valence-electron chi connectivity index (χ3n) is 2.29. The Hall–Kier alpha value is -1.16. The summed E-state index contributed by atoms with van der Waals surface area (Å²) >= 11 is 0. The number of carbonyl (C=O) groups is 2. The Bertz CT molecular complexity index is 365. The number of hydrogen-bond acceptors (Lipinski definition) is 3. The summed E-state index contributed by atoms with van der Waals surface area (Å²) in [5, 5.41) is 3.09. The lowest BCUT2D eigenvalue weighted by Crippen LogP contribution is -2.15. The Labute approximate surface area is 92.3 Å². The molecular weight excluding hydrogens is 246 g/mol. The van der Waals surface area contributed by atoms with Gasteiger partial charge in [-0.1, -0.05) is 18.2 Å². The van der Waals surface area contributed by atoms with Crippen molar-refractivity contribution in [1.29, 1.82) is 0 Å². The highest BCUT2D eigenvalue weighted by Gasteiger charge is 2.27. The number of para-hydroxylation sites is 1. The Balaban J connectivity index is 0.000000980. The largest absolute Gasteiger partial charge is 0.384 e. The van der Waals surface area contributed by atoms with Gasteiger partial charge in [-0.25, -0.2) is 0 Å². The van der Waals surface area contributed by atoms with Crippen LogP contribution in [0.4, 0.5) is 5.69 Å². The van der Waals surface area contributed by atoms with E-state index < -0.39 is 0 Å². The zero-order valence-corrected chi connectivity index (χ0v) is 9.11. The Morgan fingerprint density at radius 2 is 2.14 bits per heavy atom. The van der Waals surface area contributed by atoms with Crippen LogP contribution < -0.4 is 5.32 Å². The summed E-state index contributed by atoms with van der Waals surface area (Å²) in [6.45, 7) is 0.539. The lowest BCUT2D eigenvalue weighted by atomic mass is 9.98. The second kappa shape index (κ2) is 4.37. The number of halogens is 1. The molecule has 2 rings (SSSR count). The highest BCUT2D eigenvalue weighted by molar-refractivity contribution is 8.93. The van der Waals surface area contributed by atoms with Gasteiger partial charge in [-0.05, 0) is 11.6 Å². The maximum Gasteiger partial charge on any atom is 0.204 e. The number of nitrogens with one attached hydrogen (secondary N) is 1. The molecule has 1 aromatic carbocycles. The second-order valence-corrected chi connectivity index (χ2v) is 3.04. The van der Waals surface area contributed by atoms with Gasteiger partial charge in [0, 0.05) is 12.2 Å². The van der Waals surface area contributed by atoms with Gasteiger partial charge in [-0.3, -0.25) is 9.59 Å². The van der Waals surface area contributed by atoms with Crippen molar-refractivity contribution in [2.24, 2.45) is 0 Å². The third kappa shape index (κ3) is 1.70. The molecule has 4 heteroatoms. The van der Waals surface area contributed by atoms with Crippen molar-refractivity contribution >= 4 is 34.7 Å². The van der Waals surface area contributed by atoms with Crippen LogP contribution in [0.3, 0.4) is 0 Å². The molecule has 1 unspecified atom stereocenters. The average Bonchev–Trinajstić information content (AvgIpc) is 2.60. The monoisotopic (exact) mass is 255 g/mol. The molecule has 0 saturated heterocycles. The van der Waals surface area contributed by atoms with Crippen LogP contribution in [0.25, 0.3) is 0 Å². The standard InChI is InChI=1S/C10H9NO2.BrH/c12-6-10(13)8-5-11-9-4-2-1-3-7(8)9;/h1-4,6,8,11H,5H2;1H. The molecule has 1 aromatic rings. The first-order chi connectivity index (χ1) is 6.33. The zero-order chi connectivity index (χ0) is 9.26. The number of carbonyl (C=O) groups excluding carboxylic acids is 2. The van der Waals surface area contributed by atoms with E-state index in [2.05, 4.69) is 5.32 Å². The van der Waals surface area contributed by atoms with E-state index >= 15 is 0 Å². The van der Waals surface area contributed by atoms with E-state index in [1.807, 2.05) is 24.3 Å². The summed E-state index contributed by atoms with van der Waals surface area (Å²) in [7, 11) is 0. The summed E-state index contributed by atoms with van der Waals surface area (Å²) in [6, 6.07) is 7.56. The molecule has 0 aromatic heterocycles. The fourth-order valence-electron chi connectivity index (χ4n) is 1.62. The van der Waals surface area contributed by atoms with E-state index in [-0.39, 0.29) is 28.7 Å². The molecule has 1 atom stereocenters. The lowest BCUT2D eigenvalue weighted by molar-refractivity contribution is -0.130. The van der Waals surface area contributed by atoms with Crippen LogP contribution in [-0.2, 0) is 9.59 Å². The second-order valence-electron chi connectivity index (χ2n) is 3.04. The van der Waals surface area contributed by atoms with Crippen molar-refractivity contribution in [3.8, 4) is 0 Å². The molecule has 14 heavy (non-hydrogen) atoms. The van der Waals surface area contributed by atoms with E-state index in [4.69, 9.17) is 0 Å². The minimum absolute atomic E-state index is 0. The van der Waals surface area contributed by atoms with Gasteiger partial charge in [0.1, 0.15) is 0 Å². The molecule has 0 spiro atoms. The van der Waals surface area contributed by atoms with Crippen molar-refractivity contribution in [3.63, 3.8) is 0 Å². The van der Waals surface area contributed by atoms with Gasteiger partial charge in [0.2, 0.25) is 5.78 Å².